The van der Waals surface area contributed by atoms with Crippen molar-refractivity contribution in [3.63, 3.8) is 0 Å². The summed E-state index contributed by atoms with van der Waals surface area (Å²) in [7, 11) is 0. The number of hydrogen-bond acceptors (Lipinski definition) is 3. The molecule has 0 unspecified atom stereocenters. The molecule has 2 aromatic rings. The Labute approximate surface area is 134 Å². The highest BCUT2D eigenvalue weighted by atomic mass is 79.9. The van der Waals surface area contributed by atoms with Gasteiger partial charge < -0.3 is 10.5 Å². The van der Waals surface area contributed by atoms with Crippen molar-refractivity contribution in [3.05, 3.63) is 62.0 Å². The van der Waals surface area contributed by atoms with Crippen LogP contribution >= 0.6 is 39.1 Å². The van der Waals surface area contributed by atoms with Crippen molar-refractivity contribution in [2.24, 2.45) is 0 Å². The largest absolute Gasteiger partial charge is 0.457 e. The minimum Gasteiger partial charge on any atom is -0.457 e. The minimum atomic E-state index is -0.540. The summed E-state index contributed by atoms with van der Waals surface area (Å²) < 4.78 is 6.05. The van der Waals surface area contributed by atoms with Gasteiger partial charge in [-0.15, -0.1) is 0 Å². The van der Waals surface area contributed by atoms with Gasteiger partial charge in [-0.3, -0.25) is 0 Å². The van der Waals surface area contributed by atoms with Gasteiger partial charge >= 0.3 is 5.97 Å². The lowest BCUT2D eigenvalue weighted by molar-refractivity contribution is 0.0473. The van der Waals surface area contributed by atoms with Crippen molar-refractivity contribution in [2.75, 3.05) is 5.73 Å². The fraction of sp³-hybridized carbons (Fsp3) is 0.0714. The summed E-state index contributed by atoms with van der Waals surface area (Å²) >= 11 is 15.3. The average Bonchev–Trinajstić information content (AvgIpc) is 2.40. The van der Waals surface area contributed by atoms with Gasteiger partial charge in [0.2, 0.25) is 0 Å². The first-order valence-corrected chi connectivity index (χ1v) is 7.18. The lowest BCUT2D eigenvalue weighted by Gasteiger charge is -2.08. The van der Waals surface area contributed by atoms with Crippen LogP contribution in [0, 0.1) is 0 Å². The van der Waals surface area contributed by atoms with E-state index in [9.17, 15) is 4.79 Å². The molecule has 0 spiro atoms. The maximum Gasteiger partial charge on any atom is 0.340 e. The summed E-state index contributed by atoms with van der Waals surface area (Å²) in [6, 6.07) is 9.99. The molecule has 0 radical (unpaired) electrons. The van der Waals surface area contributed by atoms with Gasteiger partial charge in [0.25, 0.3) is 0 Å². The molecule has 0 heterocycles. The van der Waals surface area contributed by atoms with Crippen LogP contribution in [0.5, 0.6) is 0 Å². The molecule has 2 rings (SSSR count). The van der Waals surface area contributed by atoms with E-state index in [2.05, 4.69) is 15.9 Å². The topological polar surface area (TPSA) is 52.3 Å². The molecule has 2 N–H and O–H groups in total. The lowest BCUT2D eigenvalue weighted by atomic mass is 10.2. The van der Waals surface area contributed by atoms with E-state index < -0.39 is 5.97 Å². The second-order valence-electron chi connectivity index (χ2n) is 4.05. The van der Waals surface area contributed by atoms with Crippen molar-refractivity contribution in [1.82, 2.24) is 0 Å². The quantitative estimate of drug-likeness (QED) is 0.626. The number of benzene rings is 2. The number of ether oxygens (including phenoxy) is 1. The molecule has 0 aliphatic rings. The third kappa shape index (κ3) is 3.66. The van der Waals surface area contributed by atoms with Gasteiger partial charge in [0.1, 0.15) is 6.61 Å². The number of carbonyl (C=O) groups excluding carboxylic acids is 1. The van der Waals surface area contributed by atoms with Crippen LogP contribution < -0.4 is 5.73 Å². The third-order valence-electron chi connectivity index (χ3n) is 2.58. The van der Waals surface area contributed by atoms with Crippen molar-refractivity contribution in [3.8, 4) is 0 Å². The van der Waals surface area contributed by atoms with Gasteiger partial charge in [0.15, 0.2) is 0 Å². The van der Waals surface area contributed by atoms with Crippen LogP contribution in [0.25, 0.3) is 0 Å². The van der Waals surface area contributed by atoms with Crippen LogP contribution in [-0.4, -0.2) is 5.97 Å². The maximum atomic E-state index is 12.0. The van der Waals surface area contributed by atoms with Crippen LogP contribution in [0.15, 0.2) is 40.9 Å². The van der Waals surface area contributed by atoms with Crippen LogP contribution in [0.1, 0.15) is 15.9 Å². The van der Waals surface area contributed by atoms with Crippen molar-refractivity contribution < 1.29 is 9.53 Å². The molecule has 2 aromatic carbocycles. The summed E-state index contributed by atoms with van der Waals surface area (Å²) in [5.41, 5.74) is 7.02. The standard InChI is InChI=1S/C14H10BrCl2NO2/c15-9-2-1-8(13(17)5-9)7-20-14(19)11-6-10(18)3-4-12(11)16/h1-6H,7,18H2. The second-order valence-corrected chi connectivity index (χ2v) is 5.78. The second kappa shape index (κ2) is 6.48. The Morgan fingerprint density at radius 1 is 1.15 bits per heavy atom. The Bertz CT molecular complexity index is 662. The first kappa shape index (κ1) is 15.2. The van der Waals surface area contributed by atoms with E-state index in [-0.39, 0.29) is 12.2 Å². The number of rotatable bonds is 3. The van der Waals surface area contributed by atoms with Crippen LogP contribution in [0.4, 0.5) is 5.69 Å². The molecular formula is C14H10BrCl2NO2. The smallest absolute Gasteiger partial charge is 0.340 e. The predicted octanol–water partition coefficient (Wildman–Crippen LogP) is 4.70. The molecule has 0 atom stereocenters. The van der Waals surface area contributed by atoms with Gasteiger partial charge in [-0.2, -0.15) is 0 Å². The number of esters is 1. The first-order valence-electron chi connectivity index (χ1n) is 5.63. The number of hydrogen-bond donors (Lipinski definition) is 1. The molecule has 3 nitrogen and oxygen atoms in total. The van der Waals surface area contributed by atoms with Crippen LogP contribution in [0.2, 0.25) is 10.0 Å². The molecule has 0 amide bonds. The number of halogens is 3. The highest BCUT2D eigenvalue weighted by molar-refractivity contribution is 9.10. The highest BCUT2D eigenvalue weighted by Gasteiger charge is 2.13. The Morgan fingerprint density at radius 3 is 2.60 bits per heavy atom. The summed E-state index contributed by atoms with van der Waals surface area (Å²) in [5.74, 6) is -0.540. The van der Waals surface area contributed by atoms with Crippen LogP contribution in [-0.2, 0) is 11.3 Å². The SMILES string of the molecule is Nc1ccc(Cl)c(C(=O)OCc2ccc(Br)cc2Cl)c1. The molecule has 0 fully saturated rings. The van der Waals surface area contributed by atoms with Gasteiger partial charge in [-0.25, -0.2) is 4.79 Å². The van der Waals surface area contributed by atoms with Gasteiger partial charge in [-0.05, 0) is 30.3 Å². The zero-order chi connectivity index (χ0) is 14.7. The maximum absolute atomic E-state index is 12.0. The average molecular weight is 375 g/mol. The molecule has 20 heavy (non-hydrogen) atoms. The van der Waals surface area contributed by atoms with E-state index in [1.54, 1.807) is 24.3 Å². The Morgan fingerprint density at radius 2 is 1.90 bits per heavy atom. The van der Waals surface area contributed by atoms with E-state index in [1.165, 1.54) is 6.07 Å². The number of nitrogen functional groups attached to an aromatic ring is 1. The van der Waals surface area contributed by atoms with E-state index in [1.807, 2.05) is 6.07 Å². The van der Waals surface area contributed by atoms with Gasteiger partial charge in [-0.1, -0.05) is 45.2 Å². The fourth-order valence-corrected chi connectivity index (χ4v) is 2.48. The summed E-state index contributed by atoms with van der Waals surface area (Å²) in [6.07, 6.45) is 0. The third-order valence-corrected chi connectivity index (χ3v) is 3.76. The molecule has 0 aliphatic carbocycles. The number of carbonyl (C=O) groups is 1. The molecular weight excluding hydrogens is 365 g/mol. The molecule has 0 bridgehead atoms. The molecule has 0 aromatic heterocycles. The van der Waals surface area contributed by atoms with E-state index in [4.69, 9.17) is 33.7 Å². The number of anilines is 1. The predicted molar refractivity (Wildman–Crippen MR) is 84.1 cm³/mol. The Hall–Kier alpha value is -1.23. The molecule has 0 aliphatic heterocycles. The Balaban J connectivity index is 2.10. The van der Waals surface area contributed by atoms with E-state index in [0.29, 0.717) is 21.3 Å². The van der Waals surface area contributed by atoms with Crippen molar-refractivity contribution >= 4 is 50.8 Å². The summed E-state index contributed by atoms with van der Waals surface area (Å²) in [4.78, 5) is 12.0. The fourth-order valence-electron chi connectivity index (χ4n) is 1.56. The Kier molecular flexibility index (Phi) is 4.91. The highest BCUT2D eigenvalue weighted by Crippen LogP contribution is 2.24. The van der Waals surface area contributed by atoms with E-state index >= 15 is 0 Å². The molecule has 6 heteroatoms. The van der Waals surface area contributed by atoms with E-state index in [0.717, 1.165) is 4.47 Å². The monoisotopic (exact) mass is 373 g/mol. The van der Waals surface area contributed by atoms with Crippen LogP contribution in [0.3, 0.4) is 0 Å². The normalized spacial score (nSPS) is 10.3. The zero-order valence-electron chi connectivity index (χ0n) is 10.2. The van der Waals surface area contributed by atoms with Gasteiger partial charge in [0.05, 0.1) is 10.6 Å². The van der Waals surface area contributed by atoms with Crippen molar-refractivity contribution in [1.29, 1.82) is 0 Å². The molecule has 0 saturated heterocycles. The molecule has 104 valence electrons. The lowest BCUT2D eigenvalue weighted by Crippen LogP contribution is -2.07. The minimum absolute atomic E-state index is 0.0656. The first-order chi connectivity index (χ1) is 9.47. The van der Waals surface area contributed by atoms with Gasteiger partial charge in [0, 0.05) is 20.7 Å². The number of nitrogens with two attached hydrogens (primary N) is 1. The summed E-state index contributed by atoms with van der Waals surface area (Å²) in [6.45, 7) is 0.0656. The van der Waals surface area contributed by atoms with Crippen molar-refractivity contribution in [2.45, 2.75) is 6.61 Å². The summed E-state index contributed by atoms with van der Waals surface area (Å²) in [5, 5.41) is 0.817. The molecule has 0 saturated carbocycles. The zero-order valence-corrected chi connectivity index (χ0v) is 13.3.